The Hall–Kier alpha value is 0.884. The molecule has 152 valence electrons. The lowest BCUT2D eigenvalue weighted by molar-refractivity contribution is 0.275. The highest BCUT2D eigenvalue weighted by Crippen LogP contribution is 2.28. The highest BCUT2D eigenvalue weighted by molar-refractivity contribution is 6.90. The minimum absolute atomic E-state index is 0.847. The van der Waals surface area contributed by atoms with Crippen LogP contribution in [0.4, 0.5) is 0 Å². The van der Waals surface area contributed by atoms with Gasteiger partial charge in [0.25, 0.3) is 0 Å². The quantitative estimate of drug-likeness (QED) is 0.435. The van der Waals surface area contributed by atoms with Gasteiger partial charge in [-0.15, -0.1) is 0 Å². The maximum absolute atomic E-state index is 6.81. The van der Waals surface area contributed by atoms with Crippen molar-refractivity contribution in [3.8, 4) is 0 Å². The molecule has 5 nitrogen and oxygen atoms in total. The van der Waals surface area contributed by atoms with Gasteiger partial charge in [-0.3, -0.25) is 0 Å². The summed E-state index contributed by atoms with van der Waals surface area (Å²) in [4.78, 5) is 2.18. The van der Waals surface area contributed by atoms with Gasteiger partial charge in [0.2, 0.25) is 0 Å². The topological polar surface area (TPSA) is 40.2 Å². The summed E-state index contributed by atoms with van der Waals surface area (Å²) >= 11 is 0. The van der Waals surface area contributed by atoms with Crippen LogP contribution in [-0.2, 0) is 16.5 Å². The second-order valence-corrected chi connectivity index (χ2v) is 30.0. The SMILES string of the molecule is CC[Si](C)(O[Si](C)(C)O[Si](C)(C)C)O[Si](C)(CN(C)C)O[Si](C)(C)C. The van der Waals surface area contributed by atoms with Gasteiger partial charge in [-0.1, -0.05) is 6.92 Å². The van der Waals surface area contributed by atoms with Crippen molar-refractivity contribution in [1.82, 2.24) is 4.90 Å². The van der Waals surface area contributed by atoms with Crippen LogP contribution in [0.2, 0.25) is 71.5 Å². The molecule has 2 unspecified atom stereocenters. The largest absolute Gasteiger partial charge is 0.437 e. The third-order valence-corrected chi connectivity index (χ3v) is 21.4. The van der Waals surface area contributed by atoms with Gasteiger partial charge < -0.3 is 21.4 Å². The first-order valence-corrected chi connectivity index (χ1v) is 23.9. The van der Waals surface area contributed by atoms with Crippen molar-refractivity contribution in [2.24, 2.45) is 0 Å². The van der Waals surface area contributed by atoms with Gasteiger partial charge in [0.1, 0.15) is 0 Å². The Morgan fingerprint density at radius 3 is 1.36 bits per heavy atom. The number of rotatable bonds is 11. The molecule has 0 heterocycles. The summed E-state index contributed by atoms with van der Waals surface area (Å²) in [5.41, 5.74) is 0. The molecule has 0 amide bonds. The summed E-state index contributed by atoms with van der Waals surface area (Å²) in [6.45, 7) is 24.2. The molecule has 0 aliphatic rings. The first-order chi connectivity index (χ1) is 10.8. The molecule has 0 rings (SSSR count). The smallest absolute Gasteiger partial charge is 0.330 e. The van der Waals surface area contributed by atoms with E-state index in [1.54, 1.807) is 0 Å². The van der Waals surface area contributed by atoms with Crippen LogP contribution in [0.3, 0.4) is 0 Å². The highest BCUT2D eigenvalue weighted by atomic mass is 28.5. The fourth-order valence-corrected chi connectivity index (χ4v) is 26.5. The van der Waals surface area contributed by atoms with Crippen LogP contribution < -0.4 is 0 Å². The van der Waals surface area contributed by atoms with Gasteiger partial charge in [0.15, 0.2) is 16.6 Å². The average Bonchev–Trinajstić information content (AvgIpc) is 2.18. The van der Waals surface area contributed by atoms with Gasteiger partial charge in [0.05, 0.1) is 0 Å². The highest BCUT2D eigenvalue weighted by Gasteiger charge is 2.48. The molecule has 0 aromatic carbocycles. The maximum Gasteiger partial charge on any atom is 0.330 e. The van der Waals surface area contributed by atoms with Crippen LogP contribution >= 0.6 is 0 Å². The van der Waals surface area contributed by atoms with Gasteiger partial charge in [0, 0.05) is 6.17 Å². The summed E-state index contributed by atoms with van der Waals surface area (Å²) in [7, 11) is -6.14. The van der Waals surface area contributed by atoms with E-state index in [1.165, 1.54) is 0 Å². The minimum Gasteiger partial charge on any atom is -0.437 e. The maximum atomic E-state index is 6.81. The molecular weight excluding hydrogens is 399 g/mol. The molecule has 0 saturated carbocycles. The van der Waals surface area contributed by atoms with Crippen LogP contribution in [0.25, 0.3) is 0 Å². The second kappa shape index (κ2) is 8.92. The van der Waals surface area contributed by atoms with Crippen molar-refractivity contribution in [3.05, 3.63) is 0 Å². The van der Waals surface area contributed by atoms with Crippen molar-refractivity contribution in [3.63, 3.8) is 0 Å². The molecule has 0 N–H and O–H groups in total. The van der Waals surface area contributed by atoms with Crippen molar-refractivity contribution >= 4 is 42.3 Å². The lowest BCUT2D eigenvalue weighted by Crippen LogP contribution is -2.62. The Morgan fingerprint density at radius 1 is 0.600 bits per heavy atom. The zero-order valence-electron chi connectivity index (χ0n) is 19.0. The molecule has 2 atom stereocenters. The number of hydrogen-bond acceptors (Lipinski definition) is 5. The molecule has 0 radical (unpaired) electrons. The molecule has 0 aliphatic heterocycles. The van der Waals surface area contributed by atoms with Gasteiger partial charge in [-0.05, 0) is 85.6 Å². The molecule has 0 aliphatic carbocycles. The molecule has 0 saturated heterocycles. The fraction of sp³-hybridized carbons (Fsp3) is 1.00. The molecule has 0 aromatic rings. The van der Waals surface area contributed by atoms with Crippen molar-refractivity contribution in [1.29, 1.82) is 0 Å². The van der Waals surface area contributed by atoms with E-state index in [4.69, 9.17) is 16.5 Å². The van der Waals surface area contributed by atoms with Gasteiger partial charge in [-0.2, -0.15) is 0 Å². The Balaban J connectivity index is 5.44. The molecular formula is C15H43NO4Si5. The number of nitrogens with zero attached hydrogens (tertiary/aromatic N) is 1. The first kappa shape index (κ1) is 25.9. The van der Waals surface area contributed by atoms with Crippen LogP contribution in [-0.4, -0.2) is 67.5 Å². The van der Waals surface area contributed by atoms with E-state index >= 15 is 0 Å². The van der Waals surface area contributed by atoms with Crippen LogP contribution in [0.15, 0.2) is 0 Å². The van der Waals surface area contributed by atoms with E-state index in [9.17, 15) is 0 Å². The molecule has 25 heavy (non-hydrogen) atoms. The average molecular weight is 442 g/mol. The Morgan fingerprint density at radius 2 is 1.04 bits per heavy atom. The lowest BCUT2D eigenvalue weighted by atomic mass is 11.0. The zero-order valence-corrected chi connectivity index (χ0v) is 24.0. The van der Waals surface area contributed by atoms with E-state index in [0.717, 1.165) is 12.2 Å². The third kappa shape index (κ3) is 12.1. The Bertz CT molecular complexity index is 425. The summed E-state index contributed by atoms with van der Waals surface area (Å²) in [5.74, 6) is 0. The van der Waals surface area contributed by atoms with Crippen molar-refractivity contribution in [2.75, 3.05) is 20.3 Å². The van der Waals surface area contributed by atoms with E-state index in [0.29, 0.717) is 0 Å². The Labute approximate surface area is 162 Å². The van der Waals surface area contributed by atoms with E-state index in [2.05, 4.69) is 91.4 Å². The van der Waals surface area contributed by atoms with Crippen LogP contribution in [0.1, 0.15) is 6.92 Å². The summed E-state index contributed by atoms with van der Waals surface area (Å²) in [6, 6.07) is 0.906. The predicted octanol–water partition coefficient (Wildman–Crippen LogP) is 4.69. The van der Waals surface area contributed by atoms with Crippen molar-refractivity contribution in [2.45, 2.75) is 78.4 Å². The van der Waals surface area contributed by atoms with E-state index in [1.807, 2.05) is 0 Å². The Kier molecular flexibility index (Phi) is 9.24. The molecule has 0 fully saturated rings. The zero-order chi connectivity index (χ0) is 20.3. The summed E-state index contributed by atoms with van der Waals surface area (Å²) < 4.78 is 26.5. The van der Waals surface area contributed by atoms with Crippen molar-refractivity contribution < 1.29 is 16.5 Å². The molecule has 10 heteroatoms. The molecule has 0 spiro atoms. The normalized spacial score (nSPS) is 19.0. The third-order valence-electron chi connectivity index (χ3n) is 3.21. The first-order valence-electron chi connectivity index (χ1n) is 9.26. The minimum atomic E-state index is -2.37. The van der Waals surface area contributed by atoms with E-state index < -0.39 is 42.3 Å². The number of hydrogen-bond donors (Lipinski definition) is 0. The van der Waals surface area contributed by atoms with E-state index in [-0.39, 0.29) is 0 Å². The lowest BCUT2D eigenvalue weighted by Gasteiger charge is -2.44. The van der Waals surface area contributed by atoms with Crippen LogP contribution in [0.5, 0.6) is 0 Å². The molecule has 0 aromatic heterocycles. The summed E-state index contributed by atoms with van der Waals surface area (Å²) in [5, 5.41) is 0. The summed E-state index contributed by atoms with van der Waals surface area (Å²) in [6.07, 6.45) is 0.847. The monoisotopic (exact) mass is 441 g/mol. The van der Waals surface area contributed by atoms with Crippen LogP contribution in [0, 0.1) is 0 Å². The van der Waals surface area contributed by atoms with Gasteiger partial charge >= 0.3 is 25.7 Å². The van der Waals surface area contributed by atoms with Gasteiger partial charge in [-0.25, -0.2) is 0 Å². The fourth-order valence-electron chi connectivity index (χ4n) is 3.21. The molecule has 0 bridgehead atoms. The predicted molar refractivity (Wildman–Crippen MR) is 121 cm³/mol. The standard InChI is InChI=1S/C15H43NO4Si5/c1-14-24(12,19-23(10,11)17-21(4,5)6)20-25(13,15-16(2)3)18-22(7,8)9/h14-15H2,1-13H3. The second-order valence-electron chi connectivity index (χ2n) is 9.89.